The van der Waals surface area contributed by atoms with Crippen LogP contribution in [0.4, 0.5) is 0 Å². The van der Waals surface area contributed by atoms with Crippen LogP contribution in [0.25, 0.3) is 0 Å². The molecule has 0 aliphatic carbocycles. The molecule has 1 rings (SSSR count). The van der Waals surface area contributed by atoms with E-state index in [1.807, 2.05) is 20.2 Å². The van der Waals surface area contributed by atoms with E-state index in [0.717, 1.165) is 17.0 Å². The third-order valence-corrected chi connectivity index (χ3v) is 2.18. The molecule has 0 aromatic carbocycles. The molecule has 76 valence electrons. The topological polar surface area (TPSA) is 48.2 Å². The molecular weight excluding hydrogens is 174 g/mol. The molecule has 0 aromatic heterocycles. The van der Waals surface area contributed by atoms with Crippen LogP contribution < -0.4 is 5.32 Å². The van der Waals surface area contributed by atoms with E-state index in [1.165, 1.54) is 6.21 Å². The van der Waals surface area contributed by atoms with Gasteiger partial charge in [0.15, 0.2) is 0 Å². The van der Waals surface area contributed by atoms with Crippen molar-refractivity contribution in [1.82, 2.24) is 5.32 Å². The van der Waals surface area contributed by atoms with Crippen molar-refractivity contribution in [1.29, 1.82) is 5.41 Å². The summed E-state index contributed by atoms with van der Waals surface area (Å²) in [5, 5.41) is 10.4. The summed E-state index contributed by atoms with van der Waals surface area (Å²) in [6.45, 7) is 6.20. The van der Waals surface area contributed by atoms with E-state index in [4.69, 9.17) is 5.41 Å². The van der Waals surface area contributed by atoms with Crippen LogP contribution in [0.1, 0.15) is 20.8 Å². The Morgan fingerprint density at radius 1 is 1.50 bits per heavy atom. The minimum absolute atomic E-state index is 0.0447. The second kappa shape index (κ2) is 3.78. The van der Waals surface area contributed by atoms with E-state index >= 15 is 0 Å². The second-order valence-corrected chi connectivity index (χ2v) is 4.06. The standard InChI is InChI=1S/C11H17N3/c1-8-5-11(2,3)7-14-10(13-4)9(8)6-12/h5-7,12-13H,1-4H3. The molecule has 0 saturated heterocycles. The highest BCUT2D eigenvalue weighted by Gasteiger charge is 2.17. The van der Waals surface area contributed by atoms with Gasteiger partial charge in [-0.25, -0.2) is 4.99 Å². The summed E-state index contributed by atoms with van der Waals surface area (Å²) >= 11 is 0. The van der Waals surface area contributed by atoms with Crippen LogP contribution in [0.15, 0.2) is 28.0 Å². The van der Waals surface area contributed by atoms with Crippen LogP contribution in [0.5, 0.6) is 0 Å². The van der Waals surface area contributed by atoms with Crippen molar-refractivity contribution in [3.05, 3.63) is 23.0 Å². The van der Waals surface area contributed by atoms with Gasteiger partial charge < -0.3 is 10.7 Å². The fraction of sp³-hybridized carbons (Fsp3) is 0.455. The first-order chi connectivity index (χ1) is 6.50. The Morgan fingerprint density at radius 2 is 2.14 bits per heavy atom. The van der Waals surface area contributed by atoms with Gasteiger partial charge in [0.2, 0.25) is 0 Å². The first kappa shape index (κ1) is 10.7. The van der Waals surface area contributed by atoms with Gasteiger partial charge in [-0.1, -0.05) is 19.9 Å². The van der Waals surface area contributed by atoms with Gasteiger partial charge in [-0.15, -0.1) is 0 Å². The van der Waals surface area contributed by atoms with Crippen molar-refractivity contribution < 1.29 is 0 Å². The lowest BCUT2D eigenvalue weighted by atomic mass is 9.91. The summed E-state index contributed by atoms with van der Waals surface area (Å²) in [6.07, 6.45) is 5.37. The SMILES string of the molecule is CNC1=C(C=N)C(C)=CC(C)(C)C=N1. The van der Waals surface area contributed by atoms with E-state index in [2.05, 4.69) is 30.2 Å². The molecule has 0 fully saturated rings. The van der Waals surface area contributed by atoms with Gasteiger partial charge >= 0.3 is 0 Å². The third-order valence-electron chi connectivity index (χ3n) is 2.18. The molecule has 2 N–H and O–H groups in total. The minimum atomic E-state index is -0.0447. The molecule has 0 aromatic rings. The predicted octanol–water partition coefficient (Wildman–Crippen LogP) is 2.12. The Balaban J connectivity index is 3.26. The first-order valence-electron chi connectivity index (χ1n) is 4.68. The Labute approximate surface area is 85.1 Å². The molecular formula is C11H17N3. The lowest BCUT2D eigenvalue weighted by molar-refractivity contribution is 0.689. The first-order valence-corrected chi connectivity index (χ1v) is 4.68. The van der Waals surface area contributed by atoms with Gasteiger partial charge in [0.05, 0.1) is 0 Å². The van der Waals surface area contributed by atoms with E-state index in [1.54, 1.807) is 0 Å². The highest BCUT2D eigenvalue weighted by Crippen LogP contribution is 2.24. The van der Waals surface area contributed by atoms with E-state index in [0.29, 0.717) is 0 Å². The smallest absolute Gasteiger partial charge is 0.134 e. The number of nitrogens with one attached hydrogen (secondary N) is 2. The number of aliphatic imine (C=N–C) groups is 1. The van der Waals surface area contributed by atoms with Crippen LogP contribution in [0, 0.1) is 10.8 Å². The average Bonchev–Trinajstić information content (AvgIpc) is 2.20. The maximum absolute atomic E-state index is 7.35. The molecule has 0 saturated carbocycles. The van der Waals surface area contributed by atoms with Crippen LogP contribution >= 0.6 is 0 Å². The molecule has 0 bridgehead atoms. The summed E-state index contributed by atoms with van der Waals surface area (Å²) in [6, 6.07) is 0. The Kier molecular flexibility index (Phi) is 2.89. The Morgan fingerprint density at radius 3 is 2.64 bits per heavy atom. The normalized spacial score (nSPS) is 20.1. The molecule has 3 nitrogen and oxygen atoms in total. The minimum Gasteiger partial charge on any atom is -0.373 e. The summed E-state index contributed by atoms with van der Waals surface area (Å²) in [5.41, 5.74) is 1.90. The molecule has 0 radical (unpaired) electrons. The van der Waals surface area contributed by atoms with Gasteiger partial charge in [0, 0.05) is 30.5 Å². The van der Waals surface area contributed by atoms with Gasteiger partial charge in [0.1, 0.15) is 5.82 Å². The van der Waals surface area contributed by atoms with E-state index < -0.39 is 0 Å². The third kappa shape index (κ3) is 2.10. The van der Waals surface area contributed by atoms with Crippen LogP contribution in [-0.2, 0) is 0 Å². The van der Waals surface area contributed by atoms with Crippen molar-refractivity contribution >= 4 is 12.4 Å². The van der Waals surface area contributed by atoms with Crippen LogP contribution in [0.2, 0.25) is 0 Å². The Hall–Kier alpha value is -1.38. The van der Waals surface area contributed by atoms with Crippen molar-refractivity contribution in [3.8, 4) is 0 Å². The van der Waals surface area contributed by atoms with Crippen LogP contribution in [0.3, 0.4) is 0 Å². The highest BCUT2D eigenvalue weighted by atomic mass is 15.0. The quantitative estimate of drug-likeness (QED) is 0.645. The monoisotopic (exact) mass is 191 g/mol. The molecule has 0 unspecified atom stereocenters. The van der Waals surface area contributed by atoms with Crippen molar-refractivity contribution in [3.63, 3.8) is 0 Å². The largest absolute Gasteiger partial charge is 0.373 e. The second-order valence-electron chi connectivity index (χ2n) is 4.06. The molecule has 1 heterocycles. The van der Waals surface area contributed by atoms with Gasteiger partial charge in [-0.2, -0.15) is 0 Å². The number of hydrogen-bond donors (Lipinski definition) is 2. The van der Waals surface area contributed by atoms with Gasteiger partial charge in [-0.05, 0) is 12.5 Å². The average molecular weight is 191 g/mol. The molecule has 0 spiro atoms. The summed E-state index contributed by atoms with van der Waals surface area (Å²) in [7, 11) is 1.82. The van der Waals surface area contributed by atoms with Crippen molar-refractivity contribution in [2.24, 2.45) is 10.4 Å². The van der Waals surface area contributed by atoms with Gasteiger partial charge in [-0.3, -0.25) is 0 Å². The van der Waals surface area contributed by atoms with E-state index in [-0.39, 0.29) is 5.41 Å². The zero-order valence-electron chi connectivity index (χ0n) is 9.18. The van der Waals surface area contributed by atoms with E-state index in [9.17, 15) is 0 Å². The fourth-order valence-electron chi connectivity index (χ4n) is 1.54. The summed E-state index contributed by atoms with van der Waals surface area (Å²) in [4.78, 5) is 4.34. The molecule has 1 aliphatic heterocycles. The predicted molar refractivity (Wildman–Crippen MR) is 60.9 cm³/mol. The fourth-order valence-corrected chi connectivity index (χ4v) is 1.54. The maximum atomic E-state index is 7.35. The number of rotatable bonds is 2. The Bertz CT molecular complexity index is 332. The summed E-state index contributed by atoms with van der Waals surface area (Å²) in [5.74, 6) is 0.763. The highest BCUT2D eigenvalue weighted by molar-refractivity contribution is 5.85. The zero-order valence-corrected chi connectivity index (χ0v) is 9.18. The van der Waals surface area contributed by atoms with Gasteiger partial charge in [0.25, 0.3) is 0 Å². The zero-order chi connectivity index (χ0) is 10.8. The molecule has 0 atom stereocenters. The summed E-state index contributed by atoms with van der Waals surface area (Å²) < 4.78 is 0. The number of nitrogens with zero attached hydrogens (tertiary/aromatic N) is 1. The lowest BCUT2D eigenvalue weighted by Crippen LogP contribution is -2.10. The molecule has 0 amide bonds. The molecule has 3 heteroatoms. The van der Waals surface area contributed by atoms with Crippen molar-refractivity contribution in [2.45, 2.75) is 20.8 Å². The number of allylic oxidation sites excluding steroid dienone is 3. The molecule has 14 heavy (non-hydrogen) atoms. The van der Waals surface area contributed by atoms with Crippen LogP contribution in [-0.4, -0.2) is 19.5 Å². The maximum Gasteiger partial charge on any atom is 0.134 e. The van der Waals surface area contributed by atoms with Crippen molar-refractivity contribution in [2.75, 3.05) is 7.05 Å². The number of hydrogen-bond acceptors (Lipinski definition) is 3. The molecule has 1 aliphatic rings. The lowest BCUT2D eigenvalue weighted by Gasteiger charge is -2.12.